The average Bonchev–Trinajstić information content (AvgIpc) is 3.52. The molecule has 0 radical (unpaired) electrons. The number of ketones is 1. The molecule has 1 saturated heterocycles. The summed E-state index contributed by atoms with van der Waals surface area (Å²) in [6.07, 6.45) is 2.96. The number of piperazine rings is 1. The van der Waals surface area contributed by atoms with Gasteiger partial charge in [0.1, 0.15) is 5.75 Å². The summed E-state index contributed by atoms with van der Waals surface area (Å²) in [5.41, 5.74) is 4.31. The molecule has 4 aromatic carbocycles. The molecule has 1 aromatic heterocycles. The molecule has 6 rings (SSSR count). The van der Waals surface area contributed by atoms with Crippen LogP contribution in [0.25, 0.3) is 10.9 Å². The summed E-state index contributed by atoms with van der Waals surface area (Å²) in [6, 6.07) is 32.0. The molecule has 2 heterocycles. The molecule has 9 nitrogen and oxygen atoms in total. The number of methoxy groups -OCH3 is 1. The van der Waals surface area contributed by atoms with E-state index in [4.69, 9.17) is 14.2 Å². The Balaban J connectivity index is 0.00000504. The number of aromatic nitrogens is 1. The number of carbonyl (C=O) groups is 2. The monoisotopic (exact) mass is 713 g/mol. The number of carboxylic acid groups (broad SMARTS) is 1. The van der Waals surface area contributed by atoms with Gasteiger partial charge in [0.05, 0.1) is 26.0 Å². The van der Waals surface area contributed by atoms with Crippen molar-refractivity contribution in [1.29, 1.82) is 0 Å². The van der Waals surface area contributed by atoms with Crippen LogP contribution in [0.15, 0.2) is 103 Å². The van der Waals surface area contributed by atoms with E-state index in [2.05, 4.69) is 46.2 Å². The maximum absolute atomic E-state index is 13.8. The maximum Gasteiger partial charge on any atom is 1.00 e. The Morgan fingerprint density at radius 2 is 1.55 bits per heavy atom. The van der Waals surface area contributed by atoms with Crippen LogP contribution in [-0.2, 0) is 11.3 Å². The van der Waals surface area contributed by atoms with Crippen molar-refractivity contribution in [2.45, 2.75) is 38.8 Å². The van der Waals surface area contributed by atoms with Crippen molar-refractivity contribution < 1.29 is 80.3 Å². The molecule has 1 aliphatic rings. The summed E-state index contributed by atoms with van der Waals surface area (Å²) in [5.74, 6) is 0.776. The third kappa shape index (κ3) is 9.43. The van der Waals surface area contributed by atoms with E-state index in [0.29, 0.717) is 48.8 Å². The minimum atomic E-state index is -1.08. The first-order valence-corrected chi connectivity index (χ1v) is 17.4. The van der Waals surface area contributed by atoms with Crippen molar-refractivity contribution in [2.75, 3.05) is 51.4 Å². The van der Waals surface area contributed by atoms with Gasteiger partial charge in [-0.15, -0.1) is 0 Å². The standard InChI is InChI=1S/C41H45N3O6.K/c1-3-49-37-17-10-9-16-36(37)43-25-23-42(24-26-43)34(30-12-5-4-6-13-30)21-27-50-38-20-19-31(28-39(38)48-2)41(47)33-29-44(22-11-18-40(45)46)35-15-8-7-14-32(33)35;/h4-10,12-17,19-20,28-29,34H,3,11,18,21-27H2,1-2H3,(H,45,46);/q;+1/p-1. The van der Waals surface area contributed by atoms with E-state index in [-0.39, 0.29) is 69.6 Å². The van der Waals surface area contributed by atoms with E-state index >= 15 is 0 Å². The largest absolute Gasteiger partial charge is 1.00 e. The van der Waals surface area contributed by atoms with Gasteiger partial charge in [-0.1, -0.05) is 60.7 Å². The van der Waals surface area contributed by atoms with Gasteiger partial charge in [-0.05, 0) is 61.7 Å². The summed E-state index contributed by atoms with van der Waals surface area (Å²) >= 11 is 0. The summed E-state index contributed by atoms with van der Waals surface area (Å²) in [4.78, 5) is 29.7. The Kier molecular flexibility index (Phi) is 14.2. The molecule has 1 atom stereocenters. The van der Waals surface area contributed by atoms with Crippen molar-refractivity contribution in [3.05, 3.63) is 120 Å². The van der Waals surface area contributed by atoms with Gasteiger partial charge in [-0.2, -0.15) is 0 Å². The third-order valence-corrected chi connectivity index (χ3v) is 9.33. The first-order valence-electron chi connectivity index (χ1n) is 17.4. The molecule has 10 heteroatoms. The van der Waals surface area contributed by atoms with E-state index in [0.717, 1.165) is 54.9 Å². The minimum Gasteiger partial charge on any atom is -0.550 e. The molecule has 0 N–H and O–H groups in total. The fraction of sp³-hybridized carbons (Fsp3) is 0.317. The normalized spacial score (nSPS) is 13.7. The number of hydrogen-bond acceptors (Lipinski definition) is 8. The number of anilines is 1. The van der Waals surface area contributed by atoms with Gasteiger partial charge in [-0.3, -0.25) is 9.69 Å². The molecular weight excluding hydrogens is 670 g/mol. The number of hydrogen-bond donors (Lipinski definition) is 0. The number of benzene rings is 4. The van der Waals surface area contributed by atoms with Crippen molar-refractivity contribution in [3.8, 4) is 17.2 Å². The second-order valence-corrected chi connectivity index (χ2v) is 12.4. The Labute approximate surface area is 342 Å². The number of para-hydroxylation sites is 3. The molecule has 1 unspecified atom stereocenters. The molecule has 0 saturated carbocycles. The van der Waals surface area contributed by atoms with E-state index < -0.39 is 5.97 Å². The van der Waals surface area contributed by atoms with Crippen LogP contribution in [0, 0.1) is 0 Å². The van der Waals surface area contributed by atoms with Crippen LogP contribution in [0.2, 0.25) is 0 Å². The van der Waals surface area contributed by atoms with Crippen LogP contribution >= 0.6 is 0 Å². The molecule has 0 spiro atoms. The molecule has 260 valence electrons. The molecule has 0 bridgehead atoms. The predicted octanol–water partition coefficient (Wildman–Crippen LogP) is 3.15. The van der Waals surface area contributed by atoms with Crippen LogP contribution in [0.5, 0.6) is 17.2 Å². The Morgan fingerprint density at radius 3 is 2.29 bits per heavy atom. The number of rotatable bonds is 16. The summed E-state index contributed by atoms with van der Waals surface area (Å²) in [6.45, 7) is 7.21. The SMILES string of the molecule is CCOc1ccccc1N1CCN(C(CCOc2ccc(C(=O)c3cn(CCCC(=O)[O-])c4ccccc34)cc2OC)c2ccccc2)CC1.[K+]. The number of fused-ring (bicyclic) bond motifs is 1. The van der Waals surface area contributed by atoms with Crippen molar-refractivity contribution in [1.82, 2.24) is 9.47 Å². The predicted molar refractivity (Wildman–Crippen MR) is 193 cm³/mol. The van der Waals surface area contributed by atoms with Crippen molar-refractivity contribution in [3.63, 3.8) is 0 Å². The van der Waals surface area contributed by atoms with Gasteiger partial charge in [-0.25, -0.2) is 0 Å². The number of aliphatic carboxylic acids is 1. The molecule has 51 heavy (non-hydrogen) atoms. The quantitative estimate of drug-likeness (QED) is 0.114. The van der Waals surface area contributed by atoms with Crippen molar-refractivity contribution in [2.24, 2.45) is 0 Å². The molecule has 5 aromatic rings. The Morgan fingerprint density at radius 1 is 0.824 bits per heavy atom. The zero-order valence-corrected chi connectivity index (χ0v) is 32.9. The number of ether oxygens (including phenoxy) is 3. The van der Waals surface area contributed by atoms with Gasteiger partial charge >= 0.3 is 51.4 Å². The first kappa shape index (κ1) is 38.6. The molecule has 0 amide bonds. The first-order chi connectivity index (χ1) is 24.5. The number of carboxylic acids is 1. The second-order valence-electron chi connectivity index (χ2n) is 12.4. The summed E-state index contributed by atoms with van der Waals surface area (Å²) in [5, 5.41) is 11.8. The number of aryl methyl sites for hydroxylation is 1. The summed E-state index contributed by atoms with van der Waals surface area (Å²) in [7, 11) is 1.58. The topological polar surface area (TPSA) is 96.3 Å². The number of carbonyl (C=O) groups excluding carboxylic acids is 2. The van der Waals surface area contributed by atoms with E-state index in [9.17, 15) is 14.7 Å². The van der Waals surface area contributed by atoms with Crippen LogP contribution in [-0.4, -0.2) is 67.7 Å². The van der Waals surface area contributed by atoms with Gasteiger partial charge in [0.15, 0.2) is 17.3 Å². The zero-order valence-electron chi connectivity index (χ0n) is 29.8. The van der Waals surface area contributed by atoms with Gasteiger partial charge in [0, 0.05) is 79.4 Å². The Bertz CT molecular complexity index is 1900. The van der Waals surface area contributed by atoms with Crippen LogP contribution in [0.3, 0.4) is 0 Å². The van der Waals surface area contributed by atoms with Crippen LogP contribution < -0.4 is 75.6 Å². The molecular formula is C41H44KN3O6. The van der Waals surface area contributed by atoms with E-state index in [1.165, 1.54) is 5.56 Å². The second kappa shape index (κ2) is 18.7. The molecule has 1 fully saturated rings. The van der Waals surface area contributed by atoms with Gasteiger partial charge < -0.3 is 33.6 Å². The number of nitrogens with zero attached hydrogens (tertiary/aromatic N) is 3. The fourth-order valence-corrected chi connectivity index (χ4v) is 6.88. The fourth-order valence-electron chi connectivity index (χ4n) is 6.88. The smallest absolute Gasteiger partial charge is 0.550 e. The summed E-state index contributed by atoms with van der Waals surface area (Å²) < 4.78 is 19.9. The van der Waals surface area contributed by atoms with Gasteiger partial charge in [0.2, 0.25) is 0 Å². The van der Waals surface area contributed by atoms with Crippen LogP contribution in [0.1, 0.15) is 53.7 Å². The van der Waals surface area contributed by atoms with Gasteiger partial charge in [0.25, 0.3) is 0 Å². The van der Waals surface area contributed by atoms with E-state index in [1.54, 1.807) is 31.5 Å². The molecule has 0 aliphatic carbocycles. The van der Waals surface area contributed by atoms with Crippen molar-refractivity contribution >= 4 is 28.3 Å². The van der Waals surface area contributed by atoms with Crippen LogP contribution in [0.4, 0.5) is 5.69 Å². The average molecular weight is 714 g/mol. The maximum atomic E-state index is 13.8. The molecule has 1 aliphatic heterocycles. The third-order valence-electron chi connectivity index (χ3n) is 9.33. The zero-order chi connectivity index (χ0) is 34.9. The van der Waals surface area contributed by atoms with E-state index in [1.807, 2.05) is 54.0 Å². The minimum absolute atomic E-state index is 0. The Hall–Kier alpha value is -3.64.